The summed E-state index contributed by atoms with van der Waals surface area (Å²) < 4.78 is 11.6. The molecule has 0 aliphatic heterocycles. The van der Waals surface area contributed by atoms with E-state index in [1.807, 2.05) is 12.1 Å². The predicted octanol–water partition coefficient (Wildman–Crippen LogP) is 5.47. The highest BCUT2D eigenvalue weighted by Crippen LogP contribution is 2.45. The standard InChI is InChI=1S/C21H18O2/c1-13-7-6-8-14-11-12-17-19(18(13)14)21(23-3)16-10-5-4-9-15(16)20(17)22-2/h4-12H,1-3H3. The number of methoxy groups -OCH3 is 2. The Hall–Kier alpha value is -2.74. The van der Waals surface area contributed by atoms with Crippen molar-refractivity contribution in [3.05, 3.63) is 60.2 Å². The second-order valence-electron chi connectivity index (χ2n) is 5.77. The van der Waals surface area contributed by atoms with Gasteiger partial charge in [0.15, 0.2) is 0 Å². The average Bonchev–Trinajstić information content (AvgIpc) is 2.59. The summed E-state index contributed by atoms with van der Waals surface area (Å²) >= 11 is 0. The van der Waals surface area contributed by atoms with Crippen LogP contribution in [0.1, 0.15) is 5.56 Å². The number of benzene rings is 4. The lowest BCUT2D eigenvalue weighted by atomic mass is 9.94. The number of ether oxygens (including phenoxy) is 2. The van der Waals surface area contributed by atoms with Crippen LogP contribution in [0.25, 0.3) is 32.3 Å². The van der Waals surface area contributed by atoms with Crippen LogP contribution in [0.4, 0.5) is 0 Å². The Labute approximate surface area is 135 Å². The molecule has 0 N–H and O–H groups in total. The topological polar surface area (TPSA) is 18.5 Å². The minimum atomic E-state index is 0.904. The molecule has 0 bridgehead atoms. The highest BCUT2D eigenvalue weighted by molar-refractivity contribution is 6.21. The van der Waals surface area contributed by atoms with E-state index in [0.717, 1.165) is 33.0 Å². The van der Waals surface area contributed by atoms with E-state index in [0.29, 0.717) is 0 Å². The van der Waals surface area contributed by atoms with E-state index < -0.39 is 0 Å². The van der Waals surface area contributed by atoms with Crippen molar-refractivity contribution >= 4 is 32.3 Å². The highest BCUT2D eigenvalue weighted by Gasteiger charge is 2.17. The van der Waals surface area contributed by atoms with Crippen molar-refractivity contribution in [1.29, 1.82) is 0 Å². The average molecular weight is 302 g/mol. The fourth-order valence-corrected chi connectivity index (χ4v) is 3.58. The number of hydrogen-bond acceptors (Lipinski definition) is 2. The van der Waals surface area contributed by atoms with Gasteiger partial charge in [0.25, 0.3) is 0 Å². The first-order chi connectivity index (χ1) is 11.3. The molecule has 0 aliphatic carbocycles. The number of aryl methyl sites for hydroxylation is 1. The van der Waals surface area contributed by atoms with Gasteiger partial charge in [0.1, 0.15) is 11.5 Å². The van der Waals surface area contributed by atoms with E-state index in [1.54, 1.807) is 14.2 Å². The van der Waals surface area contributed by atoms with Crippen LogP contribution in [0.2, 0.25) is 0 Å². The third-order valence-corrected chi connectivity index (χ3v) is 4.55. The maximum Gasteiger partial charge on any atom is 0.135 e. The van der Waals surface area contributed by atoms with Gasteiger partial charge in [0.2, 0.25) is 0 Å². The van der Waals surface area contributed by atoms with Crippen LogP contribution in [0, 0.1) is 6.92 Å². The van der Waals surface area contributed by atoms with E-state index in [-0.39, 0.29) is 0 Å². The smallest absolute Gasteiger partial charge is 0.135 e. The first-order valence-corrected chi connectivity index (χ1v) is 7.71. The first kappa shape index (κ1) is 13.9. The summed E-state index contributed by atoms with van der Waals surface area (Å²) in [5.41, 5.74) is 1.24. The number of fused-ring (bicyclic) bond motifs is 4. The van der Waals surface area contributed by atoms with Crippen LogP contribution in [-0.2, 0) is 0 Å². The zero-order valence-corrected chi connectivity index (χ0v) is 13.5. The first-order valence-electron chi connectivity index (χ1n) is 7.71. The quantitative estimate of drug-likeness (QED) is 0.361. The van der Waals surface area contributed by atoms with Crippen LogP contribution >= 0.6 is 0 Å². The van der Waals surface area contributed by atoms with Crippen LogP contribution in [0.5, 0.6) is 11.5 Å². The second-order valence-corrected chi connectivity index (χ2v) is 5.77. The van der Waals surface area contributed by atoms with Crippen molar-refractivity contribution in [2.45, 2.75) is 6.92 Å². The molecular formula is C21H18O2. The number of hydrogen-bond donors (Lipinski definition) is 0. The van der Waals surface area contributed by atoms with Gasteiger partial charge >= 0.3 is 0 Å². The fourth-order valence-electron chi connectivity index (χ4n) is 3.58. The largest absolute Gasteiger partial charge is 0.495 e. The molecule has 4 rings (SSSR count). The Morgan fingerprint density at radius 3 is 2.00 bits per heavy atom. The molecule has 0 heterocycles. The fraction of sp³-hybridized carbons (Fsp3) is 0.143. The van der Waals surface area contributed by atoms with Crippen molar-refractivity contribution in [2.24, 2.45) is 0 Å². The molecule has 0 aromatic heterocycles. The Morgan fingerprint density at radius 2 is 1.30 bits per heavy atom. The zero-order chi connectivity index (χ0) is 16.0. The molecule has 114 valence electrons. The van der Waals surface area contributed by atoms with Gasteiger partial charge in [0.05, 0.1) is 14.2 Å². The lowest BCUT2D eigenvalue weighted by molar-refractivity contribution is 0.418. The van der Waals surface area contributed by atoms with Gasteiger partial charge in [-0.05, 0) is 29.3 Å². The second kappa shape index (κ2) is 5.17. The summed E-state index contributed by atoms with van der Waals surface area (Å²) in [6, 6.07) is 18.9. The van der Waals surface area contributed by atoms with Gasteiger partial charge in [-0.25, -0.2) is 0 Å². The van der Waals surface area contributed by atoms with E-state index in [9.17, 15) is 0 Å². The van der Waals surface area contributed by atoms with E-state index in [4.69, 9.17) is 9.47 Å². The number of rotatable bonds is 2. The third kappa shape index (κ3) is 1.88. The minimum absolute atomic E-state index is 0.904. The van der Waals surface area contributed by atoms with Crippen molar-refractivity contribution in [3.63, 3.8) is 0 Å². The molecule has 4 aromatic carbocycles. The normalized spacial score (nSPS) is 11.3. The summed E-state index contributed by atoms with van der Waals surface area (Å²) in [6.07, 6.45) is 0. The van der Waals surface area contributed by atoms with Gasteiger partial charge in [-0.3, -0.25) is 0 Å². The van der Waals surface area contributed by atoms with Crippen molar-refractivity contribution in [3.8, 4) is 11.5 Å². The molecule has 4 aromatic rings. The summed E-state index contributed by atoms with van der Waals surface area (Å²) in [6.45, 7) is 2.14. The highest BCUT2D eigenvalue weighted by atomic mass is 16.5. The molecule has 0 unspecified atom stereocenters. The predicted molar refractivity (Wildman–Crippen MR) is 96.8 cm³/mol. The SMILES string of the molecule is COc1c2ccccc2c(OC)c2c1ccc1cccc(C)c12. The molecular weight excluding hydrogens is 284 g/mol. The van der Waals surface area contributed by atoms with Crippen molar-refractivity contribution < 1.29 is 9.47 Å². The van der Waals surface area contributed by atoms with Crippen molar-refractivity contribution in [2.75, 3.05) is 14.2 Å². The molecule has 0 saturated carbocycles. The van der Waals surface area contributed by atoms with Gasteiger partial charge < -0.3 is 9.47 Å². The molecule has 2 nitrogen and oxygen atoms in total. The molecule has 23 heavy (non-hydrogen) atoms. The molecule has 0 radical (unpaired) electrons. The van der Waals surface area contributed by atoms with Gasteiger partial charge in [0, 0.05) is 21.5 Å². The summed E-state index contributed by atoms with van der Waals surface area (Å²) in [7, 11) is 3.47. The molecule has 0 saturated heterocycles. The molecule has 0 atom stereocenters. The lowest BCUT2D eigenvalue weighted by Crippen LogP contribution is -1.94. The maximum absolute atomic E-state index is 5.85. The monoisotopic (exact) mass is 302 g/mol. The summed E-state index contributed by atoms with van der Waals surface area (Å²) in [5.74, 6) is 1.82. The van der Waals surface area contributed by atoms with Crippen LogP contribution < -0.4 is 9.47 Å². The van der Waals surface area contributed by atoms with Crippen molar-refractivity contribution in [1.82, 2.24) is 0 Å². The molecule has 2 heteroatoms. The Kier molecular flexibility index (Phi) is 3.12. The molecule has 0 spiro atoms. The Bertz CT molecular complexity index is 1050. The van der Waals surface area contributed by atoms with Crippen LogP contribution in [0.15, 0.2) is 54.6 Å². The van der Waals surface area contributed by atoms with E-state index >= 15 is 0 Å². The Balaban J connectivity index is 2.39. The maximum atomic E-state index is 5.85. The van der Waals surface area contributed by atoms with E-state index in [2.05, 4.69) is 49.4 Å². The molecule has 0 fully saturated rings. The van der Waals surface area contributed by atoms with Gasteiger partial charge in [-0.15, -0.1) is 0 Å². The van der Waals surface area contributed by atoms with Gasteiger partial charge in [-0.2, -0.15) is 0 Å². The zero-order valence-electron chi connectivity index (χ0n) is 13.5. The molecule has 0 amide bonds. The van der Waals surface area contributed by atoms with Gasteiger partial charge in [-0.1, -0.05) is 48.5 Å². The van der Waals surface area contributed by atoms with Crippen LogP contribution in [0.3, 0.4) is 0 Å². The van der Waals surface area contributed by atoms with E-state index in [1.165, 1.54) is 16.3 Å². The van der Waals surface area contributed by atoms with Crippen LogP contribution in [-0.4, -0.2) is 14.2 Å². The summed E-state index contributed by atoms with van der Waals surface area (Å²) in [4.78, 5) is 0. The molecule has 0 aliphatic rings. The minimum Gasteiger partial charge on any atom is -0.495 e. The third-order valence-electron chi connectivity index (χ3n) is 4.55. The lowest BCUT2D eigenvalue weighted by Gasteiger charge is -2.17. The summed E-state index contributed by atoms with van der Waals surface area (Å²) in [5, 5.41) is 6.81. The Morgan fingerprint density at radius 1 is 0.609 bits per heavy atom.